The van der Waals surface area contributed by atoms with Crippen molar-refractivity contribution in [1.82, 2.24) is 14.9 Å². The maximum absolute atomic E-state index is 12.8. The standard InChI is InChI=1S/C18H24N4OS/c1-3-13-18(23)21(4-2)9-10-22(13)16-15-12-7-5-6-8-14(12)24-17(15)20-11-19-16/h11,13H,3-10H2,1-2H3/t13-/m0/s1. The summed E-state index contributed by atoms with van der Waals surface area (Å²) in [6.07, 6.45) is 7.28. The van der Waals surface area contributed by atoms with Gasteiger partial charge in [-0.15, -0.1) is 11.3 Å². The monoisotopic (exact) mass is 344 g/mol. The summed E-state index contributed by atoms with van der Waals surface area (Å²) < 4.78 is 0. The van der Waals surface area contributed by atoms with Crippen LogP contribution in [0.25, 0.3) is 10.2 Å². The molecule has 24 heavy (non-hydrogen) atoms. The van der Waals surface area contributed by atoms with Gasteiger partial charge in [0.15, 0.2) is 0 Å². The van der Waals surface area contributed by atoms with Crippen molar-refractivity contribution in [2.75, 3.05) is 24.5 Å². The maximum atomic E-state index is 12.8. The van der Waals surface area contributed by atoms with E-state index in [1.54, 1.807) is 6.33 Å². The molecule has 3 heterocycles. The summed E-state index contributed by atoms with van der Waals surface area (Å²) in [5.74, 6) is 1.22. The van der Waals surface area contributed by atoms with Crippen LogP contribution in [0.2, 0.25) is 0 Å². The van der Waals surface area contributed by atoms with Gasteiger partial charge in [0.1, 0.15) is 23.0 Å². The summed E-state index contributed by atoms with van der Waals surface area (Å²) in [7, 11) is 0. The molecule has 1 fully saturated rings. The van der Waals surface area contributed by atoms with Crippen molar-refractivity contribution in [3.63, 3.8) is 0 Å². The van der Waals surface area contributed by atoms with Gasteiger partial charge in [0.25, 0.3) is 0 Å². The van der Waals surface area contributed by atoms with Gasteiger partial charge in [0, 0.05) is 24.5 Å². The molecule has 0 bridgehead atoms. The number of nitrogens with zero attached hydrogens (tertiary/aromatic N) is 4. The van der Waals surface area contributed by atoms with Crippen molar-refractivity contribution in [3.05, 3.63) is 16.8 Å². The molecule has 2 aromatic rings. The highest BCUT2D eigenvalue weighted by atomic mass is 32.1. The molecule has 0 unspecified atom stereocenters. The van der Waals surface area contributed by atoms with Crippen LogP contribution in [-0.2, 0) is 17.6 Å². The van der Waals surface area contributed by atoms with Crippen molar-refractivity contribution in [1.29, 1.82) is 0 Å². The average molecular weight is 344 g/mol. The van der Waals surface area contributed by atoms with E-state index in [9.17, 15) is 4.79 Å². The Labute approximate surface area is 146 Å². The third-order valence-corrected chi connectivity index (χ3v) is 6.56. The number of hydrogen-bond acceptors (Lipinski definition) is 5. The number of aryl methyl sites for hydroxylation is 2. The minimum absolute atomic E-state index is 0.101. The van der Waals surface area contributed by atoms with Crippen LogP contribution in [0.15, 0.2) is 6.33 Å². The molecule has 4 rings (SSSR count). The number of carbonyl (C=O) groups excluding carboxylic acids is 1. The smallest absolute Gasteiger partial charge is 0.245 e. The van der Waals surface area contributed by atoms with Gasteiger partial charge >= 0.3 is 0 Å². The summed E-state index contributed by atoms with van der Waals surface area (Å²) in [6.45, 7) is 6.57. The molecule has 0 radical (unpaired) electrons. The number of rotatable bonds is 3. The normalized spacial score (nSPS) is 21.4. The molecule has 2 aliphatic rings. The Morgan fingerprint density at radius 3 is 2.83 bits per heavy atom. The van der Waals surface area contributed by atoms with E-state index in [0.29, 0.717) is 0 Å². The molecular weight excluding hydrogens is 320 g/mol. The summed E-state index contributed by atoms with van der Waals surface area (Å²) in [4.78, 5) is 28.7. The van der Waals surface area contributed by atoms with Gasteiger partial charge in [-0.3, -0.25) is 4.79 Å². The van der Waals surface area contributed by atoms with Crippen LogP contribution in [0.4, 0.5) is 5.82 Å². The predicted octanol–water partition coefficient (Wildman–Crippen LogP) is 3.02. The Morgan fingerprint density at radius 1 is 1.21 bits per heavy atom. The molecular formula is C18H24N4OS. The topological polar surface area (TPSA) is 49.3 Å². The van der Waals surface area contributed by atoms with Crippen molar-refractivity contribution in [2.45, 2.75) is 52.0 Å². The lowest BCUT2D eigenvalue weighted by Gasteiger charge is -2.41. The lowest BCUT2D eigenvalue weighted by atomic mass is 9.96. The molecule has 0 saturated carbocycles. The lowest BCUT2D eigenvalue weighted by Crippen LogP contribution is -2.57. The lowest BCUT2D eigenvalue weighted by molar-refractivity contribution is -0.134. The zero-order chi connectivity index (χ0) is 16.7. The summed E-state index contributed by atoms with van der Waals surface area (Å²) in [5, 5.41) is 1.22. The second-order valence-electron chi connectivity index (χ2n) is 6.62. The first-order valence-electron chi connectivity index (χ1n) is 9.05. The first-order valence-corrected chi connectivity index (χ1v) is 9.86. The van der Waals surface area contributed by atoms with E-state index in [-0.39, 0.29) is 11.9 Å². The molecule has 0 spiro atoms. The van der Waals surface area contributed by atoms with Gasteiger partial charge in [-0.1, -0.05) is 6.92 Å². The maximum Gasteiger partial charge on any atom is 0.245 e. The number of hydrogen-bond donors (Lipinski definition) is 0. The van der Waals surface area contributed by atoms with Crippen LogP contribution in [0.5, 0.6) is 0 Å². The highest BCUT2D eigenvalue weighted by Gasteiger charge is 2.35. The number of piperazine rings is 1. The fourth-order valence-electron chi connectivity index (χ4n) is 4.09. The quantitative estimate of drug-likeness (QED) is 0.859. The van der Waals surface area contributed by atoms with Crippen LogP contribution in [0.3, 0.4) is 0 Å². The Balaban J connectivity index is 1.81. The number of amides is 1. The van der Waals surface area contributed by atoms with Gasteiger partial charge in [0.05, 0.1) is 5.39 Å². The van der Waals surface area contributed by atoms with Crippen LogP contribution in [-0.4, -0.2) is 46.5 Å². The SMILES string of the molecule is CC[C@H]1C(=O)N(CC)CCN1c1ncnc2sc3c(c12)CCCC3. The first-order chi connectivity index (χ1) is 11.7. The molecule has 1 aliphatic carbocycles. The van der Waals surface area contributed by atoms with Crippen molar-refractivity contribution >= 4 is 33.3 Å². The molecule has 0 N–H and O–H groups in total. The number of likely N-dealkylation sites (N-methyl/N-ethyl adjacent to an activating group) is 1. The van der Waals surface area contributed by atoms with Gasteiger partial charge in [-0.25, -0.2) is 9.97 Å². The molecule has 1 saturated heterocycles. The number of aromatic nitrogens is 2. The van der Waals surface area contributed by atoms with Gasteiger partial charge in [-0.2, -0.15) is 0 Å². The summed E-state index contributed by atoms with van der Waals surface area (Å²) in [6, 6.07) is -0.101. The summed E-state index contributed by atoms with van der Waals surface area (Å²) >= 11 is 1.82. The van der Waals surface area contributed by atoms with Crippen molar-refractivity contribution in [2.24, 2.45) is 0 Å². The van der Waals surface area contributed by atoms with Crippen LogP contribution in [0, 0.1) is 0 Å². The minimum atomic E-state index is -0.101. The second-order valence-corrected chi connectivity index (χ2v) is 7.71. The second kappa shape index (κ2) is 6.31. The molecule has 128 valence electrons. The van der Waals surface area contributed by atoms with Crippen LogP contribution < -0.4 is 4.90 Å². The number of thiophene rings is 1. The van der Waals surface area contributed by atoms with Gasteiger partial charge in [0.2, 0.25) is 5.91 Å². The Kier molecular flexibility index (Phi) is 4.16. The van der Waals surface area contributed by atoms with E-state index < -0.39 is 0 Å². The van der Waals surface area contributed by atoms with Crippen LogP contribution in [0.1, 0.15) is 43.6 Å². The zero-order valence-corrected chi connectivity index (χ0v) is 15.2. The van der Waals surface area contributed by atoms with E-state index in [0.717, 1.165) is 49.5 Å². The van der Waals surface area contributed by atoms with Gasteiger partial charge < -0.3 is 9.80 Å². The molecule has 0 aromatic carbocycles. The Bertz CT molecular complexity index is 772. The van der Waals surface area contributed by atoms with E-state index in [4.69, 9.17) is 0 Å². The molecule has 1 aliphatic heterocycles. The zero-order valence-electron chi connectivity index (χ0n) is 14.4. The van der Waals surface area contributed by atoms with E-state index in [1.165, 1.54) is 28.7 Å². The Morgan fingerprint density at radius 2 is 2.04 bits per heavy atom. The average Bonchev–Trinajstić information content (AvgIpc) is 3.00. The van der Waals surface area contributed by atoms with E-state index in [1.807, 2.05) is 16.2 Å². The predicted molar refractivity (Wildman–Crippen MR) is 97.7 cm³/mol. The van der Waals surface area contributed by atoms with E-state index in [2.05, 4.69) is 28.7 Å². The molecule has 6 heteroatoms. The number of fused-ring (bicyclic) bond motifs is 3. The number of carbonyl (C=O) groups is 1. The highest BCUT2D eigenvalue weighted by molar-refractivity contribution is 7.19. The molecule has 1 amide bonds. The molecule has 1 atom stereocenters. The molecule has 5 nitrogen and oxygen atoms in total. The summed E-state index contributed by atoms with van der Waals surface area (Å²) in [5.41, 5.74) is 1.44. The van der Waals surface area contributed by atoms with Gasteiger partial charge in [-0.05, 0) is 44.6 Å². The first kappa shape index (κ1) is 15.8. The Hall–Kier alpha value is -1.69. The third-order valence-electron chi connectivity index (χ3n) is 5.36. The fourth-order valence-corrected chi connectivity index (χ4v) is 5.32. The third kappa shape index (κ3) is 2.39. The van der Waals surface area contributed by atoms with Crippen molar-refractivity contribution in [3.8, 4) is 0 Å². The van der Waals surface area contributed by atoms with Crippen molar-refractivity contribution < 1.29 is 4.79 Å². The highest BCUT2D eigenvalue weighted by Crippen LogP contribution is 2.40. The molecule has 2 aromatic heterocycles. The van der Waals surface area contributed by atoms with Crippen LogP contribution >= 0.6 is 11.3 Å². The minimum Gasteiger partial charge on any atom is -0.342 e. The van der Waals surface area contributed by atoms with E-state index >= 15 is 0 Å². The number of anilines is 1. The fraction of sp³-hybridized carbons (Fsp3) is 0.611. The largest absolute Gasteiger partial charge is 0.342 e.